The molecule has 1 amide bonds. The maximum Gasteiger partial charge on any atom is 0.410 e. The van der Waals surface area contributed by atoms with E-state index < -0.39 is 6.09 Å². The second kappa shape index (κ2) is 6.50. The molecular formula is C11H19NO4. The molecule has 16 heavy (non-hydrogen) atoms. The van der Waals surface area contributed by atoms with E-state index in [9.17, 15) is 9.90 Å². The Labute approximate surface area is 95.6 Å². The first kappa shape index (κ1) is 13.0. The summed E-state index contributed by atoms with van der Waals surface area (Å²) in [6.45, 7) is 4.11. The van der Waals surface area contributed by atoms with Crippen molar-refractivity contribution in [1.29, 1.82) is 0 Å². The summed E-state index contributed by atoms with van der Waals surface area (Å²) in [6.07, 6.45) is 2.74. The Kier molecular flexibility index (Phi) is 5.28. The minimum absolute atomic E-state index is 0.000495. The molecule has 2 unspecified atom stereocenters. The lowest BCUT2D eigenvalue weighted by Crippen LogP contribution is -2.44. The van der Waals surface area contributed by atoms with Gasteiger partial charge in [-0.2, -0.15) is 0 Å². The zero-order chi connectivity index (χ0) is 12.0. The SMILES string of the molecule is C=CCOC(=O)N1C(CO)CCC1COC. The van der Waals surface area contributed by atoms with Crippen LogP contribution in [0, 0.1) is 0 Å². The topological polar surface area (TPSA) is 59.0 Å². The van der Waals surface area contributed by atoms with Gasteiger partial charge >= 0.3 is 6.09 Å². The standard InChI is InChI=1S/C11H19NO4/c1-3-6-16-11(14)12-9(7-13)4-5-10(12)8-15-2/h3,9-10,13H,1,4-8H2,2H3. The van der Waals surface area contributed by atoms with Crippen molar-refractivity contribution < 1.29 is 19.4 Å². The number of carbonyl (C=O) groups excluding carboxylic acids is 1. The fourth-order valence-corrected chi connectivity index (χ4v) is 2.00. The zero-order valence-corrected chi connectivity index (χ0v) is 9.59. The van der Waals surface area contributed by atoms with Crippen LogP contribution in [0.1, 0.15) is 12.8 Å². The maximum absolute atomic E-state index is 11.7. The highest BCUT2D eigenvalue weighted by Crippen LogP contribution is 2.24. The monoisotopic (exact) mass is 229 g/mol. The van der Waals surface area contributed by atoms with Crippen molar-refractivity contribution in [3.63, 3.8) is 0 Å². The van der Waals surface area contributed by atoms with Crippen LogP contribution >= 0.6 is 0 Å². The number of aliphatic hydroxyl groups is 1. The lowest BCUT2D eigenvalue weighted by molar-refractivity contribution is 0.0537. The summed E-state index contributed by atoms with van der Waals surface area (Å²) in [5, 5.41) is 9.19. The summed E-state index contributed by atoms with van der Waals surface area (Å²) in [7, 11) is 1.60. The van der Waals surface area contributed by atoms with Gasteiger partial charge in [-0.15, -0.1) is 0 Å². The summed E-state index contributed by atoms with van der Waals surface area (Å²) in [4.78, 5) is 13.3. The average molecular weight is 229 g/mol. The van der Waals surface area contributed by atoms with Crippen molar-refractivity contribution in [2.45, 2.75) is 24.9 Å². The van der Waals surface area contributed by atoms with Gasteiger partial charge in [0.25, 0.3) is 0 Å². The molecule has 0 aliphatic carbocycles. The zero-order valence-electron chi connectivity index (χ0n) is 9.59. The predicted molar refractivity (Wildman–Crippen MR) is 59.2 cm³/mol. The summed E-state index contributed by atoms with van der Waals surface area (Å²) >= 11 is 0. The lowest BCUT2D eigenvalue weighted by Gasteiger charge is -2.27. The van der Waals surface area contributed by atoms with Crippen LogP contribution in [-0.2, 0) is 9.47 Å². The summed E-state index contributed by atoms with van der Waals surface area (Å²) in [6, 6.07) is -0.156. The van der Waals surface area contributed by atoms with Crippen LogP contribution in [0.15, 0.2) is 12.7 Å². The van der Waals surface area contributed by atoms with Gasteiger partial charge in [-0.05, 0) is 12.8 Å². The summed E-state index contributed by atoms with van der Waals surface area (Å²) in [5.74, 6) is 0. The summed E-state index contributed by atoms with van der Waals surface area (Å²) < 4.78 is 10.0. The van der Waals surface area contributed by atoms with Crippen molar-refractivity contribution in [2.75, 3.05) is 26.9 Å². The van der Waals surface area contributed by atoms with Crippen LogP contribution in [0.3, 0.4) is 0 Å². The molecule has 1 heterocycles. The van der Waals surface area contributed by atoms with Gasteiger partial charge < -0.3 is 14.6 Å². The van der Waals surface area contributed by atoms with E-state index >= 15 is 0 Å². The van der Waals surface area contributed by atoms with Crippen molar-refractivity contribution in [2.24, 2.45) is 0 Å². The molecule has 92 valence electrons. The van der Waals surface area contributed by atoms with E-state index in [-0.39, 0.29) is 25.3 Å². The molecule has 2 atom stereocenters. The highest BCUT2D eigenvalue weighted by atomic mass is 16.6. The molecule has 0 aromatic heterocycles. The van der Waals surface area contributed by atoms with Gasteiger partial charge in [0, 0.05) is 7.11 Å². The second-order valence-corrected chi connectivity index (χ2v) is 3.80. The second-order valence-electron chi connectivity index (χ2n) is 3.80. The predicted octanol–water partition coefficient (Wildman–Crippen LogP) is 0.781. The Bertz CT molecular complexity index is 244. The molecule has 0 saturated carbocycles. The third-order valence-corrected chi connectivity index (χ3v) is 2.73. The highest BCUT2D eigenvalue weighted by Gasteiger charge is 2.37. The van der Waals surface area contributed by atoms with Crippen molar-refractivity contribution in [3.05, 3.63) is 12.7 Å². The van der Waals surface area contributed by atoms with E-state index in [1.165, 1.54) is 6.08 Å². The molecule has 0 aromatic rings. The van der Waals surface area contributed by atoms with Crippen molar-refractivity contribution in [1.82, 2.24) is 4.90 Å². The van der Waals surface area contributed by atoms with Gasteiger partial charge in [0.2, 0.25) is 0 Å². The number of likely N-dealkylation sites (tertiary alicyclic amines) is 1. The Morgan fingerprint density at radius 2 is 2.25 bits per heavy atom. The Balaban J connectivity index is 2.61. The molecular weight excluding hydrogens is 210 g/mol. The van der Waals surface area contributed by atoms with Crippen LogP contribution in [0.2, 0.25) is 0 Å². The van der Waals surface area contributed by atoms with E-state index in [1.807, 2.05) is 0 Å². The molecule has 1 aliphatic heterocycles. The number of amides is 1. The van der Waals surface area contributed by atoms with Crippen LogP contribution in [0.5, 0.6) is 0 Å². The molecule has 1 fully saturated rings. The fraction of sp³-hybridized carbons (Fsp3) is 0.727. The molecule has 5 heteroatoms. The minimum Gasteiger partial charge on any atom is -0.445 e. The van der Waals surface area contributed by atoms with Crippen LogP contribution < -0.4 is 0 Å². The van der Waals surface area contributed by atoms with E-state index in [0.717, 1.165) is 12.8 Å². The molecule has 0 bridgehead atoms. The number of aliphatic hydroxyl groups excluding tert-OH is 1. The number of nitrogens with zero attached hydrogens (tertiary/aromatic N) is 1. The first-order valence-electron chi connectivity index (χ1n) is 5.40. The van der Waals surface area contributed by atoms with Gasteiger partial charge in [-0.3, -0.25) is 4.90 Å². The Morgan fingerprint density at radius 3 is 2.81 bits per heavy atom. The third-order valence-electron chi connectivity index (χ3n) is 2.73. The average Bonchev–Trinajstić information content (AvgIpc) is 2.69. The van der Waals surface area contributed by atoms with Gasteiger partial charge in [0.15, 0.2) is 0 Å². The van der Waals surface area contributed by atoms with Crippen LogP contribution in [-0.4, -0.2) is 55.1 Å². The van der Waals surface area contributed by atoms with Gasteiger partial charge in [0.05, 0.1) is 25.3 Å². The van der Waals surface area contributed by atoms with Gasteiger partial charge in [-0.1, -0.05) is 12.7 Å². The van der Waals surface area contributed by atoms with E-state index in [2.05, 4.69) is 6.58 Å². The molecule has 1 N–H and O–H groups in total. The van der Waals surface area contributed by atoms with E-state index in [0.29, 0.717) is 6.61 Å². The smallest absolute Gasteiger partial charge is 0.410 e. The fourth-order valence-electron chi connectivity index (χ4n) is 2.00. The molecule has 1 aliphatic rings. The molecule has 1 rings (SSSR count). The van der Waals surface area contributed by atoms with Crippen LogP contribution in [0.4, 0.5) is 4.79 Å². The largest absolute Gasteiger partial charge is 0.445 e. The number of hydrogen-bond acceptors (Lipinski definition) is 4. The minimum atomic E-state index is -0.404. The van der Waals surface area contributed by atoms with Gasteiger partial charge in [0.1, 0.15) is 6.61 Å². The summed E-state index contributed by atoms with van der Waals surface area (Å²) in [5.41, 5.74) is 0. The van der Waals surface area contributed by atoms with Crippen LogP contribution in [0.25, 0.3) is 0 Å². The molecule has 0 radical (unpaired) electrons. The number of hydrogen-bond donors (Lipinski definition) is 1. The Hall–Kier alpha value is -1.07. The number of ether oxygens (including phenoxy) is 2. The molecule has 0 aromatic carbocycles. The third kappa shape index (κ3) is 2.96. The number of methoxy groups -OCH3 is 1. The first-order chi connectivity index (χ1) is 7.74. The maximum atomic E-state index is 11.7. The first-order valence-corrected chi connectivity index (χ1v) is 5.40. The normalized spacial score (nSPS) is 24.5. The quantitative estimate of drug-likeness (QED) is 0.708. The molecule has 1 saturated heterocycles. The van der Waals surface area contributed by atoms with Gasteiger partial charge in [-0.25, -0.2) is 4.79 Å². The van der Waals surface area contributed by atoms with E-state index in [4.69, 9.17) is 9.47 Å². The Morgan fingerprint density at radius 1 is 1.56 bits per heavy atom. The molecule has 5 nitrogen and oxygen atoms in total. The van der Waals surface area contributed by atoms with Crippen molar-refractivity contribution >= 4 is 6.09 Å². The lowest BCUT2D eigenvalue weighted by atomic mass is 10.2. The van der Waals surface area contributed by atoms with E-state index in [1.54, 1.807) is 12.0 Å². The number of rotatable bonds is 5. The molecule has 0 spiro atoms. The number of carbonyl (C=O) groups is 1. The van der Waals surface area contributed by atoms with Crippen molar-refractivity contribution in [3.8, 4) is 0 Å². The highest BCUT2D eigenvalue weighted by molar-refractivity contribution is 5.69.